The first kappa shape index (κ1) is 18.5. The van der Waals surface area contributed by atoms with Crippen molar-refractivity contribution in [3.05, 3.63) is 93.7 Å². The highest BCUT2D eigenvalue weighted by atomic mass is 19.1. The fraction of sp³-hybridized carbons (Fsp3) is 0.261. The third-order valence-electron chi connectivity index (χ3n) is 6.17. The summed E-state index contributed by atoms with van der Waals surface area (Å²) in [5.74, 6) is -1.82. The molecule has 1 amide bonds. The molecule has 1 N–H and O–H groups in total. The van der Waals surface area contributed by atoms with Crippen LogP contribution >= 0.6 is 0 Å². The molecule has 152 valence electrons. The van der Waals surface area contributed by atoms with E-state index < -0.39 is 29.0 Å². The van der Waals surface area contributed by atoms with Crippen molar-refractivity contribution >= 4 is 5.91 Å². The van der Waals surface area contributed by atoms with Crippen LogP contribution < -0.4 is 5.43 Å². The molecule has 2 aromatic carbocycles. The van der Waals surface area contributed by atoms with Gasteiger partial charge in [0.2, 0.25) is 5.43 Å². The smallest absolute Gasteiger partial charge is 0.276 e. The van der Waals surface area contributed by atoms with Crippen molar-refractivity contribution in [1.82, 2.24) is 14.7 Å². The van der Waals surface area contributed by atoms with E-state index in [9.17, 15) is 14.7 Å². The molecular weight excluding hydrogens is 385 g/mol. The monoisotopic (exact) mass is 405 g/mol. The van der Waals surface area contributed by atoms with E-state index in [1.54, 1.807) is 23.1 Å². The molecule has 3 aromatic rings. The highest BCUT2D eigenvalue weighted by Gasteiger charge is 2.48. The zero-order valence-corrected chi connectivity index (χ0v) is 16.1. The van der Waals surface area contributed by atoms with Gasteiger partial charge in [-0.15, -0.1) is 0 Å². The Morgan fingerprint density at radius 3 is 2.57 bits per heavy atom. The predicted octanol–water partition coefficient (Wildman–Crippen LogP) is 3.08. The summed E-state index contributed by atoms with van der Waals surface area (Å²) in [6.45, 7) is 0.529. The van der Waals surface area contributed by atoms with Gasteiger partial charge in [-0.25, -0.2) is 4.39 Å². The molecule has 5 rings (SSSR count). The first-order valence-electron chi connectivity index (χ1n) is 9.99. The Kier molecular flexibility index (Phi) is 4.38. The average molecular weight is 405 g/mol. The molecule has 0 saturated carbocycles. The number of hydrogen-bond acceptors (Lipinski definition) is 4. The van der Waals surface area contributed by atoms with E-state index in [4.69, 9.17) is 0 Å². The molecule has 3 heterocycles. The summed E-state index contributed by atoms with van der Waals surface area (Å²) in [5, 5.41) is 14.7. The Bertz CT molecular complexity index is 1180. The second-order valence-electron chi connectivity index (χ2n) is 7.76. The summed E-state index contributed by atoms with van der Waals surface area (Å²) >= 11 is 0. The van der Waals surface area contributed by atoms with E-state index in [2.05, 4.69) is 5.10 Å². The Morgan fingerprint density at radius 1 is 1.07 bits per heavy atom. The maximum absolute atomic E-state index is 15.0. The van der Waals surface area contributed by atoms with Gasteiger partial charge < -0.3 is 10.0 Å². The molecule has 0 bridgehead atoms. The molecule has 2 aliphatic rings. The van der Waals surface area contributed by atoms with Crippen LogP contribution in [0.15, 0.2) is 65.6 Å². The minimum absolute atomic E-state index is 0.122. The number of hydrogen-bond donors (Lipinski definition) is 1. The number of carbonyl (C=O) groups is 1. The molecule has 30 heavy (non-hydrogen) atoms. The topological polar surface area (TPSA) is 75.4 Å². The highest BCUT2D eigenvalue weighted by Crippen LogP contribution is 2.46. The van der Waals surface area contributed by atoms with Crippen LogP contribution in [0.2, 0.25) is 0 Å². The molecule has 1 unspecified atom stereocenters. The van der Waals surface area contributed by atoms with Crippen LogP contribution in [-0.2, 0) is 0 Å². The second-order valence-corrected chi connectivity index (χ2v) is 7.76. The Morgan fingerprint density at radius 2 is 1.80 bits per heavy atom. The molecule has 0 aliphatic carbocycles. The standard InChI is InChI=1S/C23H20FN3O3/c24-16-10-5-4-9-15(16)19(14-7-2-1-3-8-14)20-17-11-6-12-26(17)23(30)21-22(29)18(28)13-25-27(20)21/h1-5,7-10,13,17,19-20,29H,6,11-12H2/t17-,19?,20-/m1/s1. The lowest BCUT2D eigenvalue weighted by molar-refractivity contribution is 0.0564. The number of rotatable bonds is 3. The predicted molar refractivity (Wildman–Crippen MR) is 108 cm³/mol. The van der Waals surface area contributed by atoms with Crippen molar-refractivity contribution in [3.63, 3.8) is 0 Å². The minimum Gasteiger partial charge on any atom is -0.502 e. The lowest BCUT2D eigenvalue weighted by Crippen LogP contribution is -2.51. The molecule has 1 aromatic heterocycles. The number of carbonyl (C=O) groups excluding carboxylic acids is 1. The van der Waals surface area contributed by atoms with Gasteiger partial charge in [-0.2, -0.15) is 5.10 Å². The average Bonchev–Trinajstić information content (AvgIpc) is 3.25. The van der Waals surface area contributed by atoms with E-state index in [-0.39, 0.29) is 17.6 Å². The van der Waals surface area contributed by atoms with Gasteiger partial charge in [0.15, 0.2) is 11.4 Å². The Hall–Kier alpha value is -3.48. The summed E-state index contributed by atoms with van der Waals surface area (Å²) in [4.78, 5) is 26.8. The van der Waals surface area contributed by atoms with Crippen LogP contribution in [-0.4, -0.2) is 38.3 Å². The van der Waals surface area contributed by atoms with Crippen molar-refractivity contribution in [3.8, 4) is 5.75 Å². The third kappa shape index (κ3) is 2.73. The minimum atomic E-state index is -0.701. The van der Waals surface area contributed by atoms with Crippen molar-refractivity contribution in [2.75, 3.05) is 6.54 Å². The van der Waals surface area contributed by atoms with Crippen molar-refractivity contribution in [1.29, 1.82) is 0 Å². The number of benzene rings is 2. The summed E-state index contributed by atoms with van der Waals surface area (Å²) < 4.78 is 16.5. The number of aromatic nitrogens is 2. The van der Waals surface area contributed by atoms with Crippen LogP contribution in [0.25, 0.3) is 0 Å². The maximum atomic E-state index is 15.0. The van der Waals surface area contributed by atoms with Crippen LogP contribution in [0.1, 0.15) is 46.4 Å². The fourth-order valence-corrected chi connectivity index (χ4v) is 4.89. The first-order valence-corrected chi connectivity index (χ1v) is 9.99. The van der Waals surface area contributed by atoms with Crippen molar-refractivity contribution < 1.29 is 14.3 Å². The first-order chi connectivity index (χ1) is 14.6. The van der Waals surface area contributed by atoms with Gasteiger partial charge in [0.1, 0.15) is 5.82 Å². The maximum Gasteiger partial charge on any atom is 0.276 e. The molecule has 0 radical (unpaired) electrons. The third-order valence-corrected chi connectivity index (χ3v) is 6.17. The second kappa shape index (κ2) is 7.09. The largest absolute Gasteiger partial charge is 0.502 e. The molecule has 0 spiro atoms. The van der Waals surface area contributed by atoms with E-state index in [1.165, 1.54) is 10.7 Å². The number of halogens is 1. The van der Waals surface area contributed by atoms with Gasteiger partial charge in [0, 0.05) is 12.5 Å². The quantitative estimate of drug-likeness (QED) is 0.727. The van der Waals surface area contributed by atoms with Crippen LogP contribution in [0, 0.1) is 5.82 Å². The van der Waals surface area contributed by atoms with Gasteiger partial charge in [-0.1, -0.05) is 48.5 Å². The normalized spacial score (nSPS) is 21.2. The zero-order valence-electron chi connectivity index (χ0n) is 16.1. The van der Waals surface area contributed by atoms with Gasteiger partial charge in [0.05, 0.1) is 18.3 Å². The van der Waals surface area contributed by atoms with Crippen LogP contribution in [0.5, 0.6) is 5.75 Å². The van der Waals surface area contributed by atoms with E-state index >= 15 is 4.39 Å². The summed E-state index contributed by atoms with van der Waals surface area (Å²) in [7, 11) is 0. The summed E-state index contributed by atoms with van der Waals surface area (Å²) in [6.07, 6.45) is 2.56. The van der Waals surface area contributed by atoms with E-state index in [1.807, 2.05) is 30.3 Å². The molecule has 6 nitrogen and oxygen atoms in total. The lowest BCUT2D eigenvalue weighted by Gasteiger charge is -2.42. The Balaban J connectivity index is 1.80. The lowest BCUT2D eigenvalue weighted by atomic mass is 9.79. The molecule has 3 atom stereocenters. The van der Waals surface area contributed by atoms with Crippen molar-refractivity contribution in [2.24, 2.45) is 0 Å². The fourth-order valence-electron chi connectivity index (χ4n) is 4.89. The SMILES string of the molecule is O=C1c2c(O)c(=O)cnn2[C@@H](C(c2ccccc2)c2ccccc2F)[C@H]2CCCN12. The molecule has 7 heteroatoms. The molecule has 2 aliphatic heterocycles. The van der Waals surface area contributed by atoms with Crippen LogP contribution in [0.4, 0.5) is 4.39 Å². The van der Waals surface area contributed by atoms with Gasteiger partial charge in [0.25, 0.3) is 5.91 Å². The summed E-state index contributed by atoms with van der Waals surface area (Å²) in [6, 6.07) is 15.4. The zero-order chi connectivity index (χ0) is 20.8. The number of fused-ring (bicyclic) bond motifs is 2. The molecule has 1 fully saturated rings. The van der Waals surface area contributed by atoms with E-state index in [0.717, 1.165) is 24.6 Å². The number of aromatic hydroxyl groups is 1. The Labute approximate surface area is 172 Å². The van der Waals surface area contributed by atoms with E-state index in [0.29, 0.717) is 12.1 Å². The number of nitrogens with zero attached hydrogens (tertiary/aromatic N) is 3. The van der Waals surface area contributed by atoms with Gasteiger partial charge in [-0.05, 0) is 30.0 Å². The molecular formula is C23H20FN3O3. The van der Waals surface area contributed by atoms with Gasteiger partial charge in [-0.3, -0.25) is 14.3 Å². The van der Waals surface area contributed by atoms with Crippen LogP contribution in [0.3, 0.4) is 0 Å². The van der Waals surface area contributed by atoms with Gasteiger partial charge >= 0.3 is 0 Å². The number of amides is 1. The molecule has 1 saturated heterocycles. The highest BCUT2D eigenvalue weighted by molar-refractivity contribution is 5.96. The summed E-state index contributed by atoms with van der Waals surface area (Å²) in [5.41, 5.74) is 0.539. The van der Waals surface area contributed by atoms with Crippen molar-refractivity contribution in [2.45, 2.75) is 30.8 Å².